The first-order chi connectivity index (χ1) is 9.21. The summed E-state index contributed by atoms with van der Waals surface area (Å²) in [6.07, 6.45) is 1.25. The lowest BCUT2D eigenvalue weighted by atomic mass is 9.77. The predicted octanol–water partition coefficient (Wildman–Crippen LogP) is 3.60. The van der Waals surface area contributed by atoms with Gasteiger partial charge in [-0.3, -0.25) is 0 Å². The molecule has 0 aromatic heterocycles. The fourth-order valence-corrected chi connectivity index (χ4v) is 4.01. The number of hydrogen-bond donors (Lipinski definition) is 0. The molecule has 1 unspecified atom stereocenters. The Morgan fingerprint density at radius 2 is 1.79 bits per heavy atom. The Bertz CT molecular complexity index is 658. The molecule has 2 aromatic rings. The highest BCUT2D eigenvalue weighted by Gasteiger charge is 2.46. The van der Waals surface area contributed by atoms with E-state index in [9.17, 15) is 0 Å². The van der Waals surface area contributed by atoms with Crippen molar-refractivity contribution in [3.05, 3.63) is 59.2 Å². The van der Waals surface area contributed by atoms with Gasteiger partial charge in [-0.1, -0.05) is 48.0 Å². The van der Waals surface area contributed by atoms with Crippen molar-refractivity contribution in [1.29, 1.82) is 0 Å². The molecule has 0 amide bonds. The van der Waals surface area contributed by atoms with Gasteiger partial charge in [-0.25, -0.2) is 0 Å². The number of hydrogen-bond acceptors (Lipinski definition) is 1. The molecule has 1 heteroatoms. The minimum absolute atomic E-state index is 0.243. The van der Waals surface area contributed by atoms with Crippen LogP contribution in [-0.4, -0.2) is 25.0 Å². The van der Waals surface area contributed by atoms with Crippen LogP contribution in [0.4, 0.5) is 0 Å². The number of likely N-dealkylation sites (tertiary alicyclic amines) is 1. The number of aryl methyl sites for hydroxylation is 1. The summed E-state index contributed by atoms with van der Waals surface area (Å²) in [7, 11) is 2.24. The molecule has 0 radical (unpaired) electrons. The van der Waals surface area contributed by atoms with Crippen molar-refractivity contribution in [3.8, 4) is 11.1 Å². The van der Waals surface area contributed by atoms with Gasteiger partial charge in [0.2, 0.25) is 0 Å². The van der Waals surface area contributed by atoms with Crippen LogP contribution in [0.3, 0.4) is 0 Å². The minimum Gasteiger partial charge on any atom is -0.305 e. The van der Waals surface area contributed by atoms with Gasteiger partial charge >= 0.3 is 0 Å². The molecule has 96 valence electrons. The van der Waals surface area contributed by atoms with E-state index in [4.69, 9.17) is 0 Å². The van der Waals surface area contributed by atoms with Gasteiger partial charge < -0.3 is 4.90 Å². The van der Waals surface area contributed by atoms with Gasteiger partial charge in [0.1, 0.15) is 0 Å². The van der Waals surface area contributed by atoms with Crippen LogP contribution >= 0.6 is 0 Å². The number of rotatable bonds is 0. The zero-order chi connectivity index (χ0) is 13.0. The second-order valence-electron chi connectivity index (χ2n) is 6.16. The van der Waals surface area contributed by atoms with Crippen LogP contribution in [0.25, 0.3) is 11.1 Å². The third kappa shape index (κ3) is 1.39. The van der Waals surface area contributed by atoms with E-state index in [-0.39, 0.29) is 5.41 Å². The van der Waals surface area contributed by atoms with E-state index in [1.165, 1.54) is 29.7 Å². The van der Waals surface area contributed by atoms with Crippen LogP contribution in [0.2, 0.25) is 0 Å². The number of nitrogens with zero attached hydrogens (tertiary/aromatic N) is 1. The summed E-state index contributed by atoms with van der Waals surface area (Å²) in [4.78, 5) is 2.47. The third-order valence-electron chi connectivity index (χ3n) is 4.88. The second-order valence-corrected chi connectivity index (χ2v) is 6.16. The van der Waals surface area contributed by atoms with E-state index < -0.39 is 0 Å². The van der Waals surface area contributed by atoms with Gasteiger partial charge in [-0.05, 0) is 49.2 Å². The number of likely N-dealkylation sites (N-methyl/N-ethyl adjacent to an activating group) is 1. The Morgan fingerprint density at radius 1 is 1.00 bits per heavy atom. The SMILES string of the molecule is Cc1ccc2c(c1)C1(CCN(C)C1)c1ccccc1-2. The van der Waals surface area contributed by atoms with Crippen LogP contribution in [0, 0.1) is 6.92 Å². The van der Waals surface area contributed by atoms with Gasteiger partial charge in [0.05, 0.1) is 0 Å². The third-order valence-corrected chi connectivity index (χ3v) is 4.88. The quantitative estimate of drug-likeness (QED) is 0.689. The molecule has 1 nitrogen and oxygen atoms in total. The van der Waals surface area contributed by atoms with E-state index in [0.717, 1.165) is 6.54 Å². The van der Waals surface area contributed by atoms with Crippen molar-refractivity contribution < 1.29 is 0 Å². The summed E-state index contributed by atoms with van der Waals surface area (Å²) in [5, 5.41) is 0. The molecule has 1 fully saturated rings. The lowest BCUT2D eigenvalue weighted by Gasteiger charge is -2.26. The van der Waals surface area contributed by atoms with Gasteiger partial charge in [0.15, 0.2) is 0 Å². The molecular weight excluding hydrogens is 230 g/mol. The summed E-state index contributed by atoms with van der Waals surface area (Å²) in [5.41, 5.74) is 7.62. The van der Waals surface area contributed by atoms with Crippen LogP contribution < -0.4 is 0 Å². The van der Waals surface area contributed by atoms with Crippen LogP contribution in [-0.2, 0) is 5.41 Å². The zero-order valence-corrected chi connectivity index (χ0v) is 11.6. The van der Waals surface area contributed by atoms with Crippen molar-refractivity contribution in [2.75, 3.05) is 20.1 Å². The van der Waals surface area contributed by atoms with E-state index >= 15 is 0 Å². The summed E-state index contributed by atoms with van der Waals surface area (Å²) < 4.78 is 0. The molecule has 1 aliphatic carbocycles. The fraction of sp³-hybridized carbons (Fsp3) is 0.333. The largest absolute Gasteiger partial charge is 0.305 e. The highest BCUT2D eigenvalue weighted by Crippen LogP contribution is 2.53. The first-order valence-electron chi connectivity index (χ1n) is 7.10. The second kappa shape index (κ2) is 3.71. The van der Waals surface area contributed by atoms with Crippen molar-refractivity contribution in [2.24, 2.45) is 0 Å². The first kappa shape index (κ1) is 11.2. The Hall–Kier alpha value is -1.60. The number of benzene rings is 2. The summed E-state index contributed by atoms with van der Waals surface area (Å²) in [6, 6.07) is 16.0. The molecule has 19 heavy (non-hydrogen) atoms. The van der Waals surface area contributed by atoms with Gasteiger partial charge in [0, 0.05) is 12.0 Å². The van der Waals surface area contributed by atoms with Crippen molar-refractivity contribution in [1.82, 2.24) is 4.90 Å². The molecule has 2 aliphatic rings. The summed E-state index contributed by atoms with van der Waals surface area (Å²) in [6.45, 7) is 4.55. The lowest BCUT2D eigenvalue weighted by Crippen LogP contribution is -2.28. The highest BCUT2D eigenvalue weighted by molar-refractivity contribution is 5.81. The number of fused-ring (bicyclic) bond motifs is 5. The molecule has 1 saturated heterocycles. The van der Waals surface area contributed by atoms with E-state index in [1.54, 1.807) is 11.1 Å². The van der Waals surface area contributed by atoms with Crippen molar-refractivity contribution in [2.45, 2.75) is 18.8 Å². The fourth-order valence-electron chi connectivity index (χ4n) is 4.01. The molecule has 4 rings (SSSR count). The van der Waals surface area contributed by atoms with Crippen LogP contribution in [0.1, 0.15) is 23.1 Å². The summed E-state index contributed by atoms with van der Waals surface area (Å²) in [5.74, 6) is 0. The molecule has 1 aliphatic heterocycles. The molecule has 1 atom stereocenters. The average molecular weight is 249 g/mol. The molecule has 1 spiro atoms. The van der Waals surface area contributed by atoms with Crippen LogP contribution in [0.5, 0.6) is 0 Å². The van der Waals surface area contributed by atoms with E-state index in [0.29, 0.717) is 0 Å². The topological polar surface area (TPSA) is 3.24 Å². The molecule has 2 aromatic carbocycles. The Labute approximate surface area is 114 Å². The van der Waals surface area contributed by atoms with Crippen molar-refractivity contribution >= 4 is 0 Å². The first-order valence-corrected chi connectivity index (χ1v) is 7.10. The molecule has 0 bridgehead atoms. The van der Waals surface area contributed by atoms with Crippen molar-refractivity contribution in [3.63, 3.8) is 0 Å². The smallest absolute Gasteiger partial charge is 0.0354 e. The Balaban J connectivity index is 2.04. The van der Waals surface area contributed by atoms with Gasteiger partial charge in [-0.15, -0.1) is 0 Å². The maximum atomic E-state index is 2.47. The zero-order valence-electron chi connectivity index (χ0n) is 11.6. The van der Waals surface area contributed by atoms with Gasteiger partial charge in [0.25, 0.3) is 0 Å². The normalized spacial score (nSPS) is 24.7. The standard InChI is InChI=1S/C18H19N/c1-13-7-8-15-14-5-3-4-6-16(14)18(17(15)11-13)9-10-19(2)12-18/h3-8,11H,9-10,12H2,1-2H3. The maximum Gasteiger partial charge on any atom is 0.0354 e. The van der Waals surface area contributed by atoms with Gasteiger partial charge in [-0.2, -0.15) is 0 Å². The lowest BCUT2D eigenvalue weighted by molar-refractivity contribution is 0.393. The van der Waals surface area contributed by atoms with E-state index in [2.05, 4.69) is 61.3 Å². The summed E-state index contributed by atoms with van der Waals surface area (Å²) >= 11 is 0. The molecule has 0 saturated carbocycles. The predicted molar refractivity (Wildman–Crippen MR) is 79.5 cm³/mol. The molecule has 1 heterocycles. The maximum absolute atomic E-state index is 2.47. The molecular formula is C18H19N. The minimum atomic E-state index is 0.243. The average Bonchev–Trinajstić information content (AvgIpc) is 2.92. The molecule has 0 N–H and O–H groups in total. The highest BCUT2D eigenvalue weighted by atomic mass is 15.1. The monoisotopic (exact) mass is 249 g/mol. The van der Waals surface area contributed by atoms with E-state index in [1.807, 2.05) is 0 Å². The van der Waals surface area contributed by atoms with Crippen LogP contribution in [0.15, 0.2) is 42.5 Å². The Kier molecular flexibility index (Phi) is 2.19. The Morgan fingerprint density at radius 3 is 2.58 bits per heavy atom.